The van der Waals surface area contributed by atoms with Gasteiger partial charge in [-0.05, 0) is 42.0 Å². The van der Waals surface area contributed by atoms with Crippen LogP contribution >= 0.6 is 11.3 Å². The lowest BCUT2D eigenvalue weighted by Crippen LogP contribution is -2.63. The lowest BCUT2D eigenvalue weighted by molar-refractivity contribution is -0.258. The highest BCUT2D eigenvalue weighted by Gasteiger charge is 2.51. The Kier molecular flexibility index (Phi) is 8.16. The van der Waals surface area contributed by atoms with Crippen molar-refractivity contribution in [2.75, 3.05) is 44.2 Å². The van der Waals surface area contributed by atoms with Crippen molar-refractivity contribution >= 4 is 33.0 Å². The molecule has 8 nitrogen and oxygen atoms in total. The van der Waals surface area contributed by atoms with Crippen LogP contribution in [0.4, 0.5) is 18.9 Å². The molecule has 1 amide bonds. The Hall–Kier alpha value is -2.19. The first-order valence-electron chi connectivity index (χ1n) is 12.4. The molecule has 1 aromatic carbocycles. The molecule has 2 aromatic rings. The molecule has 1 aromatic heterocycles. The fourth-order valence-corrected chi connectivity index (χ4v) is 7.77. The zero-order chi connectivity index (χ0) is 27.9. The molecular formula is C25H33F3N4O4S2. The maximum atomic E-state index is 13.3. The van der Waals surface area contributed by atoms with Gasteiger partial charge in [0.2, 0.25) is 5.91 Å². The third kappa shape index (κ3) is 5.57. The minimum atomic E-state index is -4.83. The highest BCUT2D eigenvalue weighted by Crippen LogP contribution is 2.39. The van der Waals surface area contributed by atoms with Crippen LogP contribution in [0, 0.1) is 5.92 Å². The predicted molar refractivity (Wildman–Crippen MR) is 139 cm³/mol. The van der Waals surface area contributed by atoms with Gasteiger partial charge in [-0.25, -0.2) is 8.42 Å². The Morgan fingerprint density at radius 2 is 1.82 bits per heavy atom. The Morgan fingerprint density at radius 3 is 2.39 bits per heavy atom. The van der Waals surface area contributed by atoms with Crippen LogP contribution in [0.3, 0.4) is 0 Å². The minimum absolute atomic E-state index is 0.0298. The quantitative estimate of drug-likeness (QED) is 0.529. The number of sulfonamides is 1. The number of carbonyl (C=O) groups is 1. The predicted octanol–water partition coefficient (Wildman–Crippen LogP) is 2.85. The van der Waals surface area contributed by atoms with Crippen LogP contribution in [0.5, 0.6) is 0 Å². The Morgan fingerprint density at radius 1 is 1.13 bits per heavy atom. The van der Waals surface area contributed by atoms with Crippen molar-refractivity contribution in [3.63, 3.8) is 0 Å². The second-order valence-corrected chi connectivity index (χ2v) is 13.3. The van der Waals surface area contributed by atoms with Gasteiger partial charge in [0.1, 0.15) is 4.21 Å². The Bertz CT molecular complexity index is 1220. The van der Waals surface area contributed by atoms with Crippen LogP contribution in [0.1, 0.15) is 26.3 Å². The summed E-state index contributed by atoms with van der Waals surface area (Å²) in [5, 5.41) is 14.7. The zero-order valence-corrected chi connectivity index (χ0v) is 23.1. The molecule has 4 rings (SSSR count). The number of nitrogens with zero attached hydrogens (tertiary/aromatic N) is 3. The molecule has 0 unspecified atom stereocenters. The van der Waals surface area contributed by atoms with Crippen LogP contribution in [0.2, 0.25) is 0 Å². The number of alkyl halides is 3. The van der Waals surface area contributed by atoms with Crippen molar-refractivity contribution in [2.45, 2.75) is 48.8 Å². The number of carbonyl (C=O) groups excluding carboxylic acids is 1. The summed E-state index contributed by atoms with van der Waals surface area (Å²) in [5.74, 6) is -0.0439. The van der Waals surface area contributed by atoms with Crippen LogP contribution in [0.25, 0.3) is 0 Å². The third-order valence-electron chi connectivity index (χ3n) is 7.28. The molecule has 2 fully saturated rings. The molecule has 38 heavy (non-hydrogen) atoms. The first-order chi connectivity index (χ1) is 17.7. The SMILES string of the molecule is CC(C)[C@H]1C(=O)NCCN1C[C@H]1CN(S(=O)(=O)c2cccs2)CCN1c1ccc([C@](C)(O)C(F)(F)F)cc1. The molecule has 2 saturated heterocycles. The molecule has 2 N–H and O–H groups in total. The van der Waals surface area contributed by atoms with Crippen LogP contribution in [-0.4, -0.2) is 86.2 Å². The average Bonchev–Trinajstić information content (AvgIpc) is 3.39. The highest BCUT2D eigenvalue weighted by atomic mass is 32.2. The fourth-order valence-electron chi connectivity index (χ4n) is 5.15. The minimum Gasteiger partial charge on any atom is -0.376 e. The Balaban J connectivity index is 1.64. The summed E-state index contributed by atoms with van der Waals surface area (Å²) in [5.41, 5.74) is -2.66. The summed E-state index contributed by atoms with van der Waals surface area (Å²) in [6.07, 6.45) is -4.83. The number of anilines is 1. The summed E-state index contributed by atoms with van der Waals surface area (Å²) in [6, 6.07) is 8.06. The van der Waals surface area contributed by atoms with E-state index in [1.807, 2.05) is 18.7 Å². The van der Waals surface area contributed by atoms with Gasteiger partial charge >= 0.3 is 6.18 Å². The summed E-state index contributed by atoms with van der Waals surface area (Å²) >= 11 is 1.15. The monoisotopic (exact) mass is 574 g/mol. The number of rotatable bonds is 7. The molecule has 0 aliphatic carbocycles. The van der Waals surface area contributed by atoms with Gasteiger partial charge in [0.25, 0.3) is 10.0 Å². The maximum absolute atomic E-state index is 13.3. The van der Waals surface area contributed by atoms with E-state index in [0.717, 1.165) is 11.3 Å². The van der Waals surface area contributed by atoms with E-state index in [1.165, 1.54) is 28.6 Å². The van der Waals surface area contributed by atoms with Gasteiger partial charge < -0.3 is 15.3 Å². The molecule has 0 saturated carbocycles. The molecular weight excluding hydrogens is 541 g/mol. The molecule has 3 atom stereocenters. The molecule has 2 aliphatic rings. The average molecular weight is 575 g/mol. The van der Waals surface area contributed by atoms with E-state index in [4.69, 9.17) is 0 Å². The van der Waals surface area contributed by atoms with E-state index in [2.05, 4.69) is 10.2 Å². The first-order valence-corrected chi connectivity index (χ1v) is 14.8. The third-order valence-corrected chi connectivity index (χ3v) is 10.5. The number of hydrogen-bond acceptors (Lipinski definition) is 7. The number of halogens is 3. The van der Waals surface area contributed by atoms with Crippen molar-refractivity contribution in [2.24, 2.45) is 5.92 Å². The number of nitrogens with one attached hydrogen (secondary N) is 1. The summed E-state index contributed by atoms with van der Waals surface area (Å²) in [7, 11) is -3.71. The molecule has 2 aliphatic heterocycles. The van der Waals surface area contributed by atoms with Gasteiger partial charge in [-0.1, -0.05) is 32.0 Å². The van der Waals surface area contributed by atoms with E-state index < -0.39 is 21.8 Å². The molecule has 13 heteroatoms. The standard InChI is InChI=1S/C25H33F3N4O4S2/c1-17(2)22-23(33)29-10-11-30(22)15-20-16-31(38(35,36)21-5-4-14-37-21)12-13-32(20)19-8-6-18(7-9-19)24(3,34)25(26,27)28/h4-9,14,17,20,22,34H,10-13,15-16H2,1-3H3,(H,29,33)/t20-,22-,24-/m0/s1. The number of thiophene rings is 1. The van der Waals surface area contributed by atoms with Gasteiger partial charge in [-0.3, -0.25) is 9.69 Å². The number of benzene rings is 1. The van der Waals surface area contributed by atoms with Crippen LogP contribution in [0.15, 0.2) is 46.0 Å². The second-order valence-electron chi connectivity index (χ2n) is 10.2. The largest absolute Gasteiger partial charge is 0.421 e. The number of hydrogen-bond donors (Lipinski definition) is 2. The zero-order valence-electron chi connectivity index (χ0n) is 21.5. The summed E-state index contributed by atoms with van der Waals surface area (Å²) in [6.45, 7) is 6.78. The van der Waals surface area contributed by atoms with Crippen molar-refractivity contribution < 1.29 is 31.5 Å². The van der Waals surface area contributed by atoms with E-state index in [-0.39, 0.29) is 46.8 Å². The van der Waals surface area contributed by atoms with Crippen molar-refractivity contribution in [3.8, 4) is 0 Å². The van der Waals surface area contributed by atoms with E-state index in [0.29, 0.717) is 38.8 Å². The molecule has 3 heterocycles. The second kappa shape index (κ2) is 10.8. The number of aliphatic hydroxyl groups is 1. The molecule has 0 radical (unpaired) electrons. The van der Waals surface area contributed by atoms with Crippen molar-refractivity contribution in [3.05, 3.63) is 47.3 Å². The van der Waals surface area contributed by atoms with Crippen LogP contribution < -0.4 is 10.2 Å². The topological polar surface area (TPSA) is 93.2 Å². The van der Waals surface area contributed by atoms with E-state index in [9.17, 15) is 31.5 Å². The number of piperazine rings is 2. The lowest BCUT2D eigenvalue weighted by Gasteiger charge is -2.46. The van der Waals surface area contributed by atoms with Gasteiger partial charge in [0, 0.05) is 45.0 Å². The van der Waals surface area contributed by atoms with E-state index >= 15 is 0 Å². The van der Waals surface area contributed by atoms with Gasteiger partial charge in [-0.2, -0.15) is 17.5 Å². The Labute approximate surface area is 225 Å². The van der Waals surface area contributed by atoms with Gasteiger partial charge in [-0.15, -0.1) is 11.3 Å². The van der Waals surface area contributed by atoms with Crippen molar-refractivity contribution in [1.29, 1.82) is 0 Å². The van der Waals surface area contributed by atoms with E-state index in [1.54, 1.807) is 17.5 Å². The number of amides is 1. The lowest BCUT2D eigenvalue weighted by atomic mass is 9.95. The van der Waals surface area contributed by atoms with Crippen LogP contribution in [-0.2, 0) is 20.4 Å². The smallest absolute Gasteiger partial charge is 0.376 e. The molecule has 210 valence electrons. The van der Waals surface area contributed by atoms with Gasteiger partial charge in [0.05, 0.1) is 12.1 Å². The van der Waals surface area contributed by atoms with Gasteiger partial charge in [0.15, 0.2) is 5.60 Å². The maximum Gasteiger partial charge on any atom is 0.421 e. The fraction of sp³-hybridized carbons (Fsp3) is 0.560. The summed E-state index contributed by atoms with van der Waals surface area (Å²) in [4.78, 5) is 16.7. The molecule has 0 spiro atoms. The summed E-state index contributed by atoms with van der Waals surface area (Å²) < 4.78 is 68.3. The first kappa shape index (κ1) is 28.8. The van der Waals surface area contributed by atoms with Crippen molar-refractivity contribution in [1.82, 2.24) is 14.5 Å². The normalized spacial score (nSPS) is 23.9. The molecule has 0 bridgehead atoms. The highest BCUT2D eigenvalue weighted by molar-refractivity contribution is 7.91.